The summed E-state index contributed by atoms with van der Waals surface area (Å²) < 4.78 is 37.7. The number of methoxy groups -OCH3 is 2. The molecule has 0 atom stereocenters. The molecule has 1 fully saturated rings. The number of ether oxygens (including phenoxy) is 2. The summed E-state index contributed by atoms with van der Waals surface area (Å²) in [7, 11) is -0.424. The Labute approximate surface area is 206 Å². The highest BCUT2D eigenvalue weighted by atomic mass is 32.2. The first-order valence-corrected chi connectivity index (χ1v) is 12.7. The molecule has 2 N–H and O–H groups in total. The second kappa shape index (κ2) is 11.5. The van der Waals surface area contributed by atoms with Crippen LogP contribution in [0.1, 0.15) is 25.3 Å². The van der Waals surface area contributed by atoms with Gasteiger partial charge >= 0.3 is 0 Å². The number of carbonyl (C=O) groups excluding carboxylic acids is 1. The number of anilines is 1. The van der Waals surface area contributed by atoms with Crippen molar-refractivity contribution < 1.29 is 22.7 Å². The van der Waals surface area contributed by atoms with Gasteiger partial charge in [0.15, 0.2) is 16.6 Å². The molecule has 8 nitrogen and oxygen atoms in total. The van der Waals surface area contributed by atoms with Crippen LogP contribution in [0.3, 0.4) is 0 Å². The Bertz CT molecular complexity index is 1160. The van der Waals surface area contributed by atoms with Gasteiger partial charge in [-0.2, -0.15) is 4.31 Å². The van der Waals surface area contributed by atoms with Gasteiger partial charge in [-0.15, -0.1) is 0 Å². The number of nitrogens with zero attached hydrogens (tertiary/aromatic N) is 1. The van der Waals surface area contributed by atoms with E-state index in [9.17, 15) is 13.2 Å². The van der Waals surface area contributed by atoms with E-state index >= 15 is 0 Å². The van der Waals surface area contributed by atoms with Gasteiger partial charge in [-0.25, -0.2) is 8.42 Å². The highest BCUT2D eigenvalue weighted by Crippen LogP contribution is 2.28. The van der Waals surface area contributed by atoms with Crippen LogP contribution < -0.4 is 20.1 Å². The number of hydrogen-bond donors (Lipinski definition) is 2. The van der Waals surface area contributed by atoms with Crippen molar-refractivity contribution in [1.82, 2.24) is 9.62 Å². The monoisotopic (exact) mass is 503 g/mol. The molecule has 0 unspecified atom stereocenters. The zero-order valence-electron chi connectivity index (χ0n) is 19.4. The van der Waals surface area contributed by atoms with Crippen LogP contribution in [0.25, 0.3) is 6.08 Å². The van der Waals surface area contributed by atoms with Gasteiger partial charge < -0.3 is 14.8 Å². The quantitative estimate of drug-likeness (QED) is 0.440. The number of piperidine rings is 1. The molecule has 182 valence electrons. The van der Waals surface area contributed by atoms with Gasteiger partial charge in [-0.05, 0) is 79.0 Å². The summed E-state index contributed by atoms with van der Waals surface area (Å²) >= 11 is 5.20. The lowest BCUT2D eigenvalue weighted by molar-refractivity contribution is -0.115. The lowest BCUT2D eigenvalue weighted by Gasteiger charge is -2.29. The van der Waals surface area contributed by atoms with E-state index in [1.54, 1.807) is 43.5 Å². The van der Waals surface area contributed by atoms with Crippen LogP contribution in [0.4, 0.5) is 5.69 Å². The first kappa shape index (κ1) is 25.7. The maximum Gasteiger partial charge on any atom is 0.250 e. The molecule has 34 heavy (non-hydrogen) atoms. The topological polar surface area (TPSA) is 97.0 Å². The van der Waals surface area contributed by atoms with Gasteiger partial charge in [0.05, 0.1) is 19.1 Å². The van der Waals surface area contributed by atoms with E-state index in [0.717, 1.165) is 18.4 Å². The first-order valence-electron chi connectivity index (χ1n) is 10.8. The molecule has 2 aromatic carbocycles. The number of rotatable bonds is 7. The highest BCUT2D eigenvalue weighted by molar-refractivity contribution is 7.89. The van der Waals surface area contributed by atoms with E-state index in [-0.39, 0.29) is 10.0 Å². The highest BCUT2D eigenvalue weighted by Gasteiger charge is 2.27. The van der Waals surface area contributed by atoms with Gasteiger partial charge in [0.25, 0.3) is 0 Å². The molecule has 3 rings (SSSR count). The van der Waals surface area contributed by atoms with Crippen molar-refractivity contribution in [1.29, 1.82) is 0 Å². The van der Waals surface area contributed by atoms with E-state index in [1.807, 2.05) is 0 Å². The van der Waals surface area contributed by atoms with Crippen LogP contribution in [0, 0.1) is 5.92 Å². The lowest BCUT2D eigenvalue weighted by atomic mass is 10.0. The standard InChI is InChI=1S/C24H29N3O5S2/c1-17-12-14-27(15-13-17)34(29,30)20-8-6-19(7-9-20)25-24(33)26-23(28)11-5-18-4-10-21(31-2)22(16-18)32-3/h4-11,16-17H,12-15H2,1-3H3,(H2,25,26,28,33)/b11-5+. The molecule has 0 aromatic heterocycles. The van der Waals surface area contributed by atoms with Crippen molar-refractivity contribution in [2.24, 2.45) is 5.92 Å². The molecule has 1 heterocycles. The predicted molar refractivity (Wildman–Crippen MR) is 137 cm³/mol. The van der Waals surface area contributed by atoms with Crippen LogP contribution in [-0.2, 0) is 14.8 Å². The van der Waals surface area contributed by atoms with E-state index in [1.165, 1.54) is 29.6 Å². The van der Waals surface area contributed by atoms with E-state index in [2.05, 4.69) is 17.6 Å². The molecule has 1 aliphatic rings. The lowest BCUT2D eigenvalue weighted by Crippen LogP contribution is -2.37. The summed E-state index contributed by atoms with van der Waals surface area (Å²) in [6.45, 7) is 3.21. The van der Waals surface area contributed by atoms with Crippen LogP contribution in [0.2, 0.25) is 0 Å². The number of hydrogen-bond acceptors (Lipinski definition) is 6. The van der Waals surface area contributed by atoms with Crippen molar-refractivity contribution in [3.63, 3.8) is 0 Å². The number of nitrogens with one attached hydrogen (secondary N) is 2. The summed E-state index contributed by atoms with van der Waals surface area (Å²) in [5, 5.41) is 5.55. The summed E-state index contributed by atoms with van der Waals surface area (Å²) in [4.78, 5) is 12.4. The largest absolute Gasteiger partial charge is 0.493 e. The zero-order chi connectivity index (χ0) is 24.7. The number of sulfonamides is 1. The molecule has 0 radical (unpaired) electrons. The average molecular weight is 504 g/mol. The van der Waals surface area contributed by atoms with Gasteiger partial charge in [-0.3, -0.25) is 10.1 Å². The average Bonchev–Trinajstić information content (AvgIpc) is 2.83. The third-order valence-corrected chi connectivity index (χ3v) is 7.68. The molecule has 1 aliphatic heterocycles. The maximum absolute atomic E-state index is 12.8. The van der Waals surface area contributed by atoms with Crippen LogP contribution in [0.15, 0.2) is 53.4 Å². The minimum atomic E-state index is -3.52. The minimum absolute atomic E-state index is 0.0996. The molecule has 2 aromatic rings. The number of thiocarbonyl (C=S) groups is 1. The fraction of sp³-hybridized carbons (Fsp3) is 0.333. The Balaban J connectivity index is 1.55. The second-order valence-corrected chi connectivity index (χ2v) is 10.3. The van der Waals surface area contributed by atoms with Crippen LogP contribution in [-0.4, -0.2) is 51.1 Å². The fourth-order valence-corrected chi connectivity index (χ4v) is 5.22. The number of amides is 1. The van der Waals surface area contributed by atoms with E-state index in [4.69, 9.17) is 21.7 Å². The zero-order valence-corrected chi connectivity index (χ0v) is 21.0. The number of carbonyl (C=O) groups is 1. The molecule has 0 aliphatic carbocycles. The van der Waals surface area contributed by atoms with Gasteiger partial charge in [-0.1, -0.05) is 13.0 Å². The third-order valence-electron chi connectivity index (χ3n) is 5.56. The van der Waals surface area contributed by atoms with Crippen molar-refractivity contribution >= 4 is 45.0 Å². The van der Waals surface area contributed by atoms with Crippen molar-refractivity contribution in [3.05, 3.63) is 54.1 Å². The molecular weight excluding hydrogens is 474 g/mol. The SMILES string of the molecule is COc1ccc(/C=C/C(=O)NC(=S)Nc2ccc(S(=O)(=O)N3CCC(C)CC3)cc2)cc1OC. The normalized spacial score (nSPS) is 15.1. The molecule has 10 heteroatoms. The Morgan fingerprint density at radius 2 is 1.71 bits per heavy atom. The van der Waals surface area contributed by atoms with Crippen LogP contribution >= 0.6 is 12.2 Å². The van der Waals surface area contributed by atoms with E-state index in [0.29, 0.717) is 36.2 Å². The van der Waals surface area contributed by atoms with Crippen LogP contribution in [0.5, 0.6) is 11.5 Å². The Morgan fingerprint density at radius 1 is 1.06 bits per heavy atom. The van der Waals surface area contributed by atoms with Gasteiger partial charge in [0.1, 0.15) is 0 Å². The second-order valence-electron chi connectivity index (χ2n) is 8.00. The summed E-state index contributed by atoms with van der Waals surface area (Å²) in [6, 6.07) is 11.6. The van der Waals surface area contributed by atoms with Crippen molar-refractivity contribution in [3.8, 4) is 11.5 Å². The third kappa shape index (κ3) is 6.55. The maximum atomic E-state index is 12.8. The molecule has 1 amide bonds. The molecule has 1 saturated heterocycles. The summed E-state index contributed by atoms with van der Waals surface area (Å²) in [5.74, 6) is 1.29. The van der Waals surface area contributed by atoms with Crippen molar-refractivity contribution in [2.75, 3.05) is 32.6 Å². The summed E-state index contributed by atoms with van der Waals surface area (Å²) in [5.41, 5.74) is 1.33. The van der Waals surface area contributed by atoms with Crippen molar-refractivity contribution in [2.45, 2.75) is 24.7 Å². The predicted octanol–water partition coefficient (Wildman–Crippen LogP) is 3.65. The molecule has 0 bridgehead atoms. The number of benzene rings is 2. The summed E-state index contributed by atoms with van der Waals surface area (Å²) in [6.07, 6.45) is 4.71. The Hall–Kier alpha value is -2.95. The first-order chi connectivity index (χ1) is 16.2. The Kier molecular flexibility index (Phi) is 8.65. The molecular formula is C24H29N3O5S2. The smallest absolute Gasteiger partial charge is 0.250 e. The molecule has 0 spiro atoms. The van der Waals surface area contributed by atoms with Gasteiger partial charge in [0.2, 0.25) is 15.9 Å². The van der Waals surface area contributed by atoms with Gasteiger partial charge in [0, 0.05) is 24.9 Å². The molecule has 0 saturated carbocycles. The van der Waals surface area contributed by atoms with E-state index < -0.39 is 15.9 Å². The minimum Gasteiger partial charge on any atom is -0.493 e. The fourth-order valence-electron chi connectivity index (χ4n) is 3.53. The Morgan fingerprint density at radius 3 is 2.32 bits per heavy atom.